The summed E-state index contributed by atoms with van der Waals surface area (Å²) in [5.41, 5.74) is 6.14. The van der Waals surface area contributed by atoms with Gasteiger partial charge < -0.3 is 10.2 Å². The maximum absolute atomic E-state index is 5.55. The number of rotatable bonds is 2. The molecule has 0 spiro atoms. The first-order valence-corrected chi connectivity index (χ1v) is 4.47. The van der Waals surface area contributed by atoms with E-state index in [1.54, 1.807) is 12.3 Å². The monoisotopic (exact) mass is 197 g/mol. The number of aromatic nitrogens is 4. The molecule has 0 aliphatic heterocycles. The molecule has 0 saturated carbocycles. The number of nitrogens with two attached hydrogens (primary N) is 1. The first-order chi connectivity index (χ1) is 6.27. The van der Waals surface area contributed by atoms with Crippen LogP contribution in [0.15, 0.2) is 9.80 Å². The Morgan fingerprint density at radius 3 is 2.85 bits per heavy atom. The Kier molecular flexibility index (Phi) is 2.03. The Balaban J connectivity index is 2.33. The van der Waals surface area contributed by atoms with Crippen molar-refractivity contribution >= 4 is 11.5 Å². The van der Waals surface area contributed by atoms with Gasteiger partial charge in [-0.05, 0) is 18.5 Å². The second-order valence-corrected chi connectivity index (χ2v) is 3.13. The zero-order valence-corrected chi connectivity index (χ0v) is 7.65. The second-order valence-electron chi connectivity index (χ2n) is 2.52. The molecule has 2 aromatic heterocycles. The summed E-state index contributed by atoms with van der Waals surface area (Å²) in [4.78, 5) is 0. The number of nitrogens with zero attached hydrogens (tertiary/aromatic N) is 4. The Labute approximate surface area is 77.9 Å². The van der Waals surface area contributed by atoms with E-state index in [2.05, 4.69) is 19.8 Å². The molecule has 0 aliphatic rings. The van der Waals surface area contributed by atoms with E-state index in [-0.39, 0.29) is 6.04 Å². The van der Waals surface area contributed by atoms with Gasteiger partial charge in [-0.2, -0.15) is 0 Å². The maximum Gasteiger partial charge on any atom is 0.269 e. The molecular formula is C6H7N5OS. The molecule has 7 heteroatoms. The van der Waals surface area contributed by atoms with Gasteiger partial charge in [0.2, 0.25) is 5.89 Å². The highest BCUT2D eigenvalue weighted by atomic mass is 32.1. The van der Waals surface area contributed by atoms with E-state index in [1.807, 2.05) is 0 Å². The SMILES string of the molecule is CC(N)c1nnc(-c2csnn2)o1. The first-order valence-electron chi connectivity index (χ1n) is 3.64. The van der Waals surface area contributed by atoms with E-state index < -0.39 is 0 Å². The van der Waals surface area contributed by atoms with Crippen LogP contribution in [0.5, 0.6) is 0 Å². The molecule has 0 saturated heterocycles. The molecule has 6 nitrogen and oxygen atoms in total. The van der Waals surface area contributed by atoms with Crippen LogP contribution < -0.4 is 5.73 Å². The third kappa shape index (κ3) is 1.56. The average Bonchev–Trinajstić information content (AvgIpc) is 2.75. The minimum absolute atomic E-state index is 0.257. The molecule has 68 valence electrons. The predicted molar refractivity (Wildman–Crippen MR) is 45.8 cm³/mol. The molecule has 0 fully saturated rings. The first kappa shape index (κ1) is 8.27. The fourth-order valence-electron chi connectivity index (χ4n) is 0.780. The van der Waals surface area contributed by atoms with Gasteiger partial charge in [-0.3, -0.25) is 0 Å². The van der Waals surface area contributed by atoms with Gasteiger partial charge >= 0.3 is 0 Å². The van der Waals surface area contributed by atoms with E-state index in [4.69, 9.17) is 10.2 Å². The Morgan fingerprint density at radius 1 is 1.46 bits per heavy atom. The van der Waals surface area contributed by atoms with Gasteiger partial charge in [0, 0.05) is 5.38 Å². The highest BCUT2D eigenvalue weighted by Crippen LogP contribution is 2.17. The quantitative estimate of drug-likeness (QED) is 0.758. The summed E-state index contributed by atoms with van der Waals surface area (Å²) in [5.74, 6) is 0.768. The van der Waals surface area contributed by atoms with Gasteiger partial charge in [0.05, 0.1) is 6.04 Å². The predicted octanol–water partition coefficient (Wildman–Crippen LogP) is 0.608. The van der Waals surface area contributed by atoms with E-state index >= 15 is 0 Å². The summed E-state index contributed by atoms with van der Waals surface area (Å²) in [7, 11) is 0. The highest BCUT2D eigenvalue weighted by molar-refractivity contribution is 7.03. The van der Waals surface area contributed by atoms with Crippen molar-refractivity contribution < 1.29 is 4.42 Å². The molecule has 0 aromatic carbocycles. The van der Waals surface area contributed by atoms with Crippen LogP contribution in [0.2, 0.25) is 0 Å². The van der Waals surface area contributed by atoms with Crippen molar-refractivity contribution in [2.45, 2.75) is 13.0 Å². The third-order valence-electron chi connectivity index (χ3n) is 1.41. The molecule has 1 unspecified atom stereocenters. The zero-order valence-electron chi connectivity index (χ0n) is 6.84. The lowest BCUT2D eigenvalue weighted by molar-refractivity contribution is 0.472. The van der Waals surface area contributed by atoms with Crippen LogP contribution >= 0.6 is 11.5 Å². The van der Waals surface area contributed by atoms with Crippen LogP contribution in [0.25, 0.3) is 11.6 Å². The standard InChI is InChI=1S/C6H7N5OS/c1-3(7)5-9-10-6(12-5)4-2-13-11-8-4/h2-3H,7H2,1H3. The molecule has 0 radical (unpaired) electrons. The lowest BCUT2D eigenvalue weighted by Crippen LogP contribution is -2.04. The van der Waals surface area contributed by atoms with Gasteiger partial charge in [-0.15, -0.1) is 15.3 Å². The zero-order chi connectivity index (χ0) is 9.26. The van der Waals surface area contributed by atoms with Gasteiger partial charge in [0.15, 0.2) is 5.69 Å². The second kappa shape index (κ2) is 3.19. The molecule has 0 amide bonds. The number of hydrogen-bond acceptors (Lipinski definition) is 7. The van der Waals surface area contributed by atoms with E-state index in [0.717, 1.165) is 0 Å². The van der Waals surface area contributed by atoms with Gasteiger partial charge in [-0.1, -0.05) is 4.49 Å². The third-order valence-corrected chi connectivity index (χ3v) is 1.91. The molecular weight excluding hydrogens is 190 g/mol. The fourth-order valence-corrected chi connectivity index (χ4v) is 1.21. The van der Waals surface area contributed by atoms with Crippen LogP contribution in [0.4, 0.5) is 0 Å². The number of hydrogen-bond donors (Lipinski definition) is 1. The molecule has 2 heterocycles. The Morgan fingerprint density at radius 2 is 2.31 bits per heavy atom. The normalized spacial score (nSPS) is 13.1. The largest absolute Gasteiger partial charge is 0.417 e. The topological polar surface area (TPSA) is 90.7 Å². The Hall–Kier alpha value is -1.34. The maximum atomic E-state index is 5.55. The van der Waals surface area contributed by atoms with Gasteiger partial charge in [-0.25, -0.2) is 0 Å². The molecule has 2 aromatic rings. The van der Waals surface area contributed by atoms with Crippen molar-refractivity contribution in [2.75, 3.05) is 0 Å². The average molecular weight is 197 g/mol. The van der Waals surface area contributed by atoms with Gasteiger partial charge in [0.25, 0.3) is 5.89 Å². The van der Waals surface area contributed by atoms with Crippen molar-refractivity contribution in [1.82, 2.24) is 19.8 Å². The lowest BCUT2D eigenvalue weighted by Gasteiger charge is -1.93. The smallest absolute Gasteiger partial charge is 0.269 e. The summed E-state index contributed by atoms with van der Waals surface area (Å²) in [6.45, 7) is 1.77. The van der Waals surface area contributed by atoms with Crippen LogP contribution in [0, 0.1) is 0 Å². The molecule has 2 rings (SSSR count). The van der Waals surface area contributed by atoms with Crippen molar-refractivity contribution in [1.29, 1.82) is 0 Å². The highest BCUT2D eigenvalue weighted by Gasteiger charge is 2.12. The molecule has 13 heavy (non-hydrogen) atoms. The van der Waals surface area contributed by atoms with Crippen LogP contribution in [-0.4, -0.2) is 19.8 Å². The fraction of sp³-hybridized carbons (Fsp3) is 0.333. The minimum Gasteiger partial charge on any atom is -0.417 e. The summed E-state index contributed by atoms with van der Waals surface area (Å²) in [6.07, 6.45) is 0. The van der Waals surface area contributed by atoms with E-state index in [0.29, 0.717) is 17.5 Å². The summed E-state index contributed by atoms with van der Waals surface area (Å²) in [5, 5.41) is 13.1. The van der Waals surface area contributed by atoms with Crippen molar-refractivity contribution in [2.24, 2.45) is 5.73 Å². The van der Waals surface area contributed by atoms with Crippen molar-refractivity contribution in [3.05, 3.63) is 11.3 Å². The van der Waals surface area contributed by atoms with Gasteiger partial charge in [0.1, 0.15) is 0 Å². The van der Waals surface area contributed by atoms with Crippen LogP contribution in [0.3, 0.4) is 0 Å². The lowest BCUT2D eigenvalue weighted by atomic mass is 10.4. The van der Waals surface area contributed by atoms with Crippen molar-refractivity contribution in [3.63, 3.8) is 0 Å². The van der Waals surface area contributed by atoms with E-state index in [9.17, 15) is 0 Å². The molecule has 2 N–H and O–H groups in total. The summed E-state index contributed by atoms with van der Waals surface area (Å²) >= 11 is 1.23. The molecule has 0 bridgehead atoms. The minimum atomic E-state index is -0.257. The van der Waals surface area contributed by atoms with Crippen molar-refractivity contribution in [3.8, 4) is 11.6 Å². The summed E-state index contributed by atoms with van der Waals surface area (Å²) < 4.78 is 8.93. The van der Waals surface area contributed by atoms with E-state index in [1.165, 1.54) is 11.5 Å². The molecule has 1 atom stereocenters. The molecule has 0 aliphatic carbocycles. The Bertz CT molecular complexity index is 381. The van der Waals surface area contributed by atoms with Crippen LogP contribution in [0.1, 0.15) is 18.9 Å². The van der Waals surface area contributed by atoms with Crippen LogP contribution in [-0.2, 0) is 0 Å². The summed E-state index contributed by atoms with van der Waals surface area (Å²) in [6, 6.07) is -0.257.